The van der Waals surface area contributed by atoms with Gasteiger partial charge in [0.1, 0.15) is 0 Å². The Balaban J connectivity index is 2.44. The number of rotatable bonds is 4. The lowest BCUT2D eigenvalue weighted by Crippen LogP contribution is -2.24. The van der Waals surface area contributed by atoms with Gasteiger partial charge in [-0.15, -0.1) is 0 Å². The monoisotopic (exact) mass is 189 g/mol. The molecule has 0 amide bonds. The van der Waals surface area contributed by atoms with Gasteiger partial charge in [0.15, 0.2) is 0 Å². The lowest BCUT2D eigenvalue weighted by molar-refractivity contribution is 0.142. The standard InChI is InChI=1S/C8H13F2N3/c1-6(11-5-8(9)10)7-3-4-13(2)12-7/h3-4,6,8,11H,5H2,1-2H3/t6-/m1/s1. The van der Waals surface area contributed by atoms with Gasteiger partial charge in [-0.1, -0.05) is 0 Å². The Hall–Kier alpha value is -0.970. The minimum Gasteiger partial charge on any atom is -0.303 e. The van der Waals surface area contributed by atoms with Crippen LogP contribution in [0.1, 0.15) is 18.7 Å². The zero-order valence-electron chi connectivity index (χ0n) is 7.67. The Kier molecular flexibility index (Phi) is 3.36. The average molecular weight is 189 g/mol. The molecule has 74 valence electrons. The molecule has 5 heteroatoms. The largest absolute Gasteiger partial charge is 0.303 e. The minimum atomic E-state index is -2.31. The molecule has 0 aliphatic heterocycles. The fourth-order valence-corrected chi connectivity index (χ4v) is 1.03. The smallest absolute Gasteiger partial charge is 0.250 e. The summed E-state index contributed by atoms with van der Waals surface area (Å²) in [6.07, 6.45) is -0.526. The van der Waals surface area contributed by atoms with Crippen molar-refractivity contribution in [3.63, 3.8) is 0 Å². The molecule has 0 saturated heterocycles. The molecule has 13 heavy (non-hydrogen) atoms. The van der Waals surface area contributed by atoms with Crippen LogP contribution in [0.2, 0.25) is 0 Å². The van der Waals surface area contributed by atoms with Crippen LogP contribution in [0, 0.1) is 0 Å². The molecule has 1 rings (SSSR count). The van der Waals surface area contributed by atoms with Gasteiger partial charge in [0.05, 0.1) is 12.2 Å². The molecule has 1 aromatic heterocycles. The molecule has 1 N–H and O–H groups in total. The molecule has 0 spiro atoms. The fraction of sp³-hybridized carbons (Fsp3) is 0.625. The molecular weight excluding hydrogens is 176 g/mol. The van der Waals surface area contributed by atoms with E-state index < -0.39 is 6.43 Å². The Bertz CT molecular complexity index is 260. The molecule has 0 saturated carbocycles. The summed E-state index contributed by atoms with van der Waals surface area (Å²) < 4.78 is 25.3. The first kappa shape index (κ1) is 10.1. The molecule has 3 nitrogen and oxygen atoms in total. The lowest BCUT2D eigenvalue weighted by Gasteiger charge is -2.10. The van der Waals surface area contributed by atoms with Crippen molar-refractivity contribution in [1.29, 1.82) is 0 Å². The zero-order chi connectivity index (χ0) is 9.84. The van der Waals surface area contributed by atoms with Gasteiger partial charge in [-0.25, -0.2) is 8.78 Å². The number of aryl methyl sites for hydroxylation is 1. The summed E-state index contributed by atoms with van der Waals surface area (Å²) in [6.45, 7) is 1.52. The summed E-state index contributed by atoms with van der Waals surface area (Å²) in [4.78, 5) is 0. The van der Waals surface area contributed by atoms with Crippen LogP contribution < -0.4 is 5.32 Å². The van der Waals surface area contributed by atoms with E-state index in [-0.39, 0.29) is 12.6 Å². The molecule has 0 radical (unpaired) electrons. The Morgan fingerprint density at radius 1 is 1.62 bits per heavy atom. The highest BCUT2D eigenvalue weighted by atomic mass is 19.3. The fourth-order valence-electron chi connectivity index (χ4n) is 1.03. The zero-order valence-corrected chi connectivity index (χ0v) is 7.67. The van der Waals surface area contributed by atoms with Crippen molar-refractivity contribution < 1.29 is 8.78 Å². The number of hydrogen-bond acceptors (Lipinski definition) is 2. The van der Waals surface area contributed by atoms with Crippen molar-refractivity contribution in [3.05, 3.63) is 18.0 Å². The van der Waals surface area contributed by atoms with E-state index in [0.29, 0.717) is 0 Å². The van der Waals surface area contributed by atoms with Crippen LogP contribution in [0.15, 0.2) is 12.3 Å². The summed E-state index contributed by atoms with van der Waals surface area (Å²) in [6, 6.07) is 1.68. The number of halogens is 2. The van der Waals surface area contributed by atoms with E-state index in [1.165, 1.54) is 0 Å². The Morgan fingerprint density at radius 3 is 2.77 bits per heavy atom. The molecular formula is C8H13F2N3. The summed E-state index contributed by atoms with van der Waals surface area (Å²) in [7, 11) is 1.79. The van der Waals surface area contributed by atoms with E-state index in [9.17, 15) is 8.78 Å². The molecule has 0 bridgehead atoms. The molecule has 0 fully saturated rings. The van der Waals surface area contributed by atoms with Crippen LogP contribution in [0.4, 0.5) is 8.78 Å². The summed E-state index contributed by atoms with van der Waals surface area (Å²) in [5.41, 5.74) is 0.781. The van der Waals surface area contributed by atoms with Crippen LogP contribution in [0.3, 0.4) is 0 Å². The van der Waals surface area contributed by atoms with E-state index >= 15 is 0 Å². The maximum absolute atomic E-state index is 11.8. The van der Waals surface area contributed by atoms with E-state index in [1.807, 2.05) is 13.0 Å². The second-order valence-electron chi connectivity index (χ2n) is 2.94. The van der Waals surface area contributed by atoms with Crippen molar-refractivity contribution in [2.45, 2.75) is 19.4 Å². The third-order valence-electron chi connectivity index (χ3n) is 1.76. The van der Waals surface area contributed by atoms with Crippen molar-refractivity contribution in [1.82, 2.24) is 15.1 Å². The van der Waals surface area contributed by atoms with Crippen LogP contribution in [0.25, 0.3) is 0 Å². The summed E-state index contributed by atoms with van der Waals surface area (Å²) >= 11 is 0. The normalized spacial score (nSPS) is 13.6. The topological polar surface area (TPSA) is 29.9 Å². The van der Waals surface area contributed by atoms with Gasteiger partial charge in [-0.2, -0.15) is 5.10 Å². The average Bonchev–Trinajstić information content (AvgIpc) is 2.47. The molecule has 0 aliphatic rings. The summed E-state index contributed by atoms with van der Waals surface area (Å²) in [5.74, 6) is 0. The molecule has 0 unspecified atom stereocenters. The molecule has 1 atom stereocenters. The molecule has 0 aromatic carbocycles. The van der Waals surface area contributed by atoms with Crippen molar-refractivity contribution in [3.8, 4) is 0 Å². The number of nitrogens with one attached hydrogen (secondary N) is 1. The van der Waals surface area contributed by atoms with Gasteiger partial charge < -0.3 is 5.32 Å². The van der Waals surface area contributed by atoms with Gasteiger partial charge in [0.2, 0.25) is 0 Å². The third kappa shape index (κ3) is 3.10. The number of nitrogens with zero attached hydrogens (tertiary/aromatic N) is 2. The van der Waals surface area contributed by atoms with Crippen LogP contribution in [-0.4, -0.2) is 22.8 Å². The van der Waals surface area contributed by atoms with Crippen molar-refractivity contribution in [2.24, 2.45) is 7.05 Å². The van der Waals surface area contributed by atoms with E-state index in [1.54, 1.807) is 17.9 Å². The molecule has 1 heterocycles. The van der Waals surface area contributed by atoms with Gasteiger partial charge >= 0.3 is 0 Å². The first-order chi connectivity index (χ1) is 6.09. The lowest BCUT2D eigenvalue weighted by atomic mass is 10.2. The van der Waals surface area contributed by atoms with E-state index in [2.05, 4.69) is 10.4 Å². The maximum atomic E-state index is 11.8. The molecule has 0 aliphatic carbocycles. The van der Waals surface area contributed by atoms with Gasteiger partial charge in [0.25, 0.3) is 6.43 Å². The first-order valence-corrected chi connectivity index (χ1v) is 4.10. The van der Waals surface area contributed by atoms with Crippen LogP contribution in [0.5, 0.6) is 0 Å². The highest BCUT2D eigenvalue weighted by Gasteiger charge is 2.10. The SMILES string of the molecule is C[C@@H](NCC(F)F)c1ccn(C)n1. The van der Waals surface area contributed by atoms with Crippen molar-refractivity contribution in [2.75, 3.05) is 6.54 Å². The van der Waals surface area contributed by atoms with Gasteiger partial charge in [-0.3, -0.25) is 4.68 Å². The Labute approximate surface area is 75.7 Å². The number of aromatic nitrogens is 2. The first-order valence-electron chi connectivity index (χ1n) is 4.10. The minimum absolute atomic E-state index is 0.129. The number of alkyl halides is 2. The van der Waals surface area contributed by atoms with Crippen LogP contribution in [-0.2, 0) is 7.05 Å². The summed E-state index contributed by atoms with van der Waals surface area (Å²) in [5, 5.41) is 6.78. The van der Waals surface area contributed by atoms with E-state index in [4.69, 9.17) is 0 Å². The molecule has 1 aromatic rings. The highest BCUT2D eigenvalue weighted by Crippen LogP contribution is 2.08. The predicted molar refractivity (Wildman–Crippen MR) is 45.6 cm³/mol. The van der Waals surface area contributed by atoms with Gasteiger partial charge in [0, 0.05) is 19.3 Å². The Morgan fingerprint density at radius 2 is 2.31 bits per heavy atom. The van der Waals surface area contributed by atoms with E-state index in [0.717, 1.165) is 5.69 Å². The second kappa shape index (κ2) is 4.32. The number of hydrogen-bond donors (Lipinski definition) is 1. The van der Waals surface area contributed by atoms with Gasteiger partial charge in [-0.05, 0) is 13.0 Å². The van der Waals surface area contributed by atoms with Crippen molar-refractivity contribution >= 4 is 0 Å². The quantitative estimate of drug-likeness (QED) is 0.774. The van der Waals surface area contributed by atoms with Crippen LogP contribution >= 0.6 is 0 Å². The predicted octanol–water partition coefficient (Wildman–Crippen LogP) is 1.34. The second-order valence-corrected chi connectivity index (χ2v) is 2.94. The maximum Gasteiger partial charge on any atom is 0.250 e. The highest BCUT2D eigenvalue weighted by molar-refractivity contribution is 5.03. The third-order valence-corrected chi connectivity index (χ3v) is 1.76.